The van der Waals surface area contributed by atoms with Gasteiger partial charge in [0.05, 0.1) is 23.5 Å². The number of nitrogens with one attached hydrogen (secondary N) is 2. The normalized spacial score (nSPS) is 17.1. The van der Waals surface area contributed by atoms with Crippen LogP contribution in [0.3, 0.4) is 0 Å². The van der Waals surface area contributed by atoms with Gasteiger partial charge in [-0.1, -0.05) is 36.4 Å². The van der Waals surface area contributed by atoms with E-state index >= 15 is 0 Å². The highest BCUT2D eigenvalue weighted by atomic mass is 32.2. The molecule has 11 nitrogen and oxygen atoms in total. The summed E-state index contributed by atoms with van der Waals surface area (Å²) in [6, 6.07) is 14.6. The Hall–Kier alpha value is -4.19. The van der Waals surface area contributed by atoms with Gasteiger partial charge in [0.2, 0.25) is 15.9 Å². The number of carboxylic acid groups (broad SMARTS) is 2. The van der Waals surface area contributed by atoms with Crippen LogP contribution in [0.5, 0.6) is 0 Å². The maximum absolute atomic E-state index is 11.9. The largest absolute Gasteiger partial charge is 0.490 e. The number of carbonyl (C=O) groups is 3. The number of aromatic amines is 1. The summed E-state index contributed by atoms with van der Waals surface area (Å²) in [6.45, 7) is 0. The lowest BCUT2D eigenvalue weighted by Crippen LogP contribution is -2.21. The molecule has 0 radical (unpaired) electrons. The van der Waals surface area contributed by atoms with E-state index in [0.717, 1.165) is 16.6 Å². The molecule has 1 fully saturated rings. The van der Waals surface area contributed by atoms with Gasteiger partial charge in [-0.25, -0.2) is 23.0 Å². The summed E-state index contributed by atoms with van der Waals surface area (Å²) in [6.07, 6.45) is -9.64. The van der Waals surface area contributed by atoms with E-state index in [4.69, 9.17) is 25.5 Å². The molecule has 0 saturated carbocycles. The summed E-state index contributed by atoms with van der Waals surface area (Å²) in [7, 11) is -3.62. The number of amides is 1. The topological polar surface area (TPSA) is 193 Å². The van der Waals surface area contributed by atoms with E-state index < -0.39 is 45.5 Å². The van der Waals surface area contributed by atoms with Gasteiger partial charge >= 0.3 is 24.3 Å². The third-order valence-corrected chi connectivity index (χ3v) is 6.75. The first-order valence-corrected chi connectivity index (χ1v) is 12.3. The van der Waals surface area contributed by atoms with Gasteiger partial charge in [0.15, 0.2) is 0 Å². The van der Waals surface area contributed by atoms with Gasteiger partial charge in [0, 0.05) is 0 Å². The molecule has 0 spiro atoms. The van der Waals surface area contributed by atoms with Crippen LogP contribution in [0.1, 0.15) is 34.7 Å². The minimum atomic E-state index is -5.08. The van der Waals surface area contributed by atoms with Crippen LogP contribution >= 0.6 is 0 Å². The number of para-hydroxylation sites is 2. The molecule has 2 atom stereocenters. The van der Waals surface area contributed by atoms with E-state index in [2.05, 4.69) is 9.97 Å². The van der Waals surface area contributed by atoms with Gasteiger partial charge in [0.25, 0.3) is 0 Å². The minimum absolute atomic E-state index is 0.0415. The molecule has 4 rings (SSSR count). The van der Waals surface area contributed by atoms with E-state index in [1.165, 1.54) is 0 Å². The SMILES string of the molecule is N[C@@H](Cc1ccc(C2CC(=O)NS2(=O)=O)cc1)c1nc2ccccc2[nH]1.O=C(O)C(F)(F)F.O=C(O)C(F)(F)F. The second-order valence-corrected chi connectivity index (χ2v) is 9.92. The quantitative estimate of drug-likeness (QED) is 0.281. The van der Waals surface area contributed by atoms with Crippen molar-refractivity contribution in [3.8, 4) is 0 Å². The number of benzene rings is 2. The van der Waals surface area contributed by atoms with Gasteiger partial charge in [-0.3, -0.25) is 9.52 Å². The zero-order valence-electron chi connectivity index (χ0n) is 19.8. The Balaban J connectivity index is 0.000000333. The second kappa shape index (κ2) is 12.3. The number of aromatic nitrogens is 2. The lowest BCUT2D eigenvalue weighted by molar-refractivity contribution is -0.193. The molecule has 1 saturated heterocycles. The molecule has 1 aliphatic rings. The van der Waals surface area contributed by atoms with E-state index in [-0.39, 0.29) is 12.5 Å². The van der Waals surface area contributed by atoms with Crippen LogP contribution < -0.4 is 10.5 Å². The second-order valence-electron chi connectivity index (χ2n) is 8.06. The van der Waals surface area contributed by atoms with Crippen LogP contribution in [-0.2, 0) is 30.8 Å². The lowest BCUT2D eigenvalue weighted by atomic mass is 10.0. The standard InChI is InChI=1S/C18H18N4O3S.2C2HF3O2/c19-13(18-20-14-3-1-2-4-15(14)21-18)9-11-5-7-12(8-6-11)16-10-17(23)22-26(16,24)25;2*3-2(4,5)1(6)7/h1-8,13,16H,9-10,19H2,(H,20,21)(H,22,23);2*(H,6,7)/t13-,16?;;/m0../s1. The van der Waals surface area contributed by atoms with Crippen LogP contribution in [0.15, 0.2) is 48.5 Å². The van der Waals surface area contributed by atoms with Crippen LogP contribution in [0.25, 0.3) is 11.0 Å². The third kappa shape index (κ3) is 8.94. The zero-order valence-corrected chi connectivity index (χ0v) is 20.6. The Morgan fingerprint density at radius 3 is 1.90 bits per heavy atom. The maximum atomic E-state index is 11.9. The molecule has 40 heavy (non-hydrogen) atoms. The van der Waals surface area contributed by atoms with Crippen molar-refractivity contribution in [1.82, 2.24) is 14.7 Å². The number of alkyl halides is 6. The number of H-pyrrole nitrogens is 1. The van der Waals surface area contributed by atoms with Crippen molar-refractivity contribution in [2.75, 3.05) is 0 Å². The number of rotatable bonds is 4. The van der Waals surface area contributed by atoms with E-state index in [9.17, 15) is 39.6 Å². The summed E-state index contributed by atoms with van der Waals surface area (Å²) in [5.74, 6) is -5.27. The molecule has 3 aromatic rings. The molecule has 1 aliphatic heterocycles. The fourth-order valence-corrected chi connectivity index (χ4v) is 4.64. The number of carbonyl (C=O) groups excluding carboxylic acids is 1. The molecular formula is C22H20F6N4O7S. The summed E-state index contributed by atoms with van der Waals surface area (Å²) in [5, 5.41) is 13.4. The van der Waals surface area contributed by atoms with Crippen molar-refractivity contribution in [2.24, 2.45) is 5.73 Å². The number of nitrogens with two attached hydrogens (primary N) is 1. The predicted octanol–water partition coefficient (Wildman–Crippen LogP) is 2.96. The average Bonchev–Trinajstić information content (AvgIpc) is 3.38. The number of hydrogen-bond acceptors (Lipinski definition) is 7. The summed E-state index contributed by atoms with van der Waals surface area (Å²) >= 11 is 0. The smallest absolute Gasteiger partial charge is 0.475 e. The minimum Gasteiger partial charge on any atom is -0.475 e. The third-order valence-electron chi connectivity index (χ3n) is 5.05. The average molecular weight is 598 g/mol. The first-order chi connectivity index (χ1) is 18.3. The number of nitrogens with zero attached hydrogens (tertiary/aromatic N) is 1. The molecular weight excluding hydrogens is 578 g/mol. The molecule has 6 N–H and O–H groups in total. The molecule has 2 heterocycles. The fraction of sp³-hybridized carbons (Fsp3) is 0.273. The Morgan fingerprint density at radius 1 is 0.975 bits per heavy atom. The first-order valence-electron chi connectivity index (χ1n) is 10.7. The molecule has 0 bridgehead atoms. The molecule has 1 unspecified atom stereocenters. The maximum Gasteiger partial charge on any atom is 0.490 e. The van der Waals surface area contributed by atoms with Crippen LogP contribution in [-0.4, -0.2) is 58.8 Å². The number of fused-ring (bicyclic) bond motifs is 1. The Labute approximate surface area is 221 Å². The van der Waals surface area contributed by atoms with Crippen LogP contribution in [0, 0.1) is 0 Å². The Morgan fingerprint density at radius 2 is 1.48 bits per heavy atom. The van der Waals surface area contributed by atoms with E-state index in [1.807, 2.05) is 41.1 Å². The number of halogens is 6. The van der Waals surface area contributed by atoms with Crippen molar-refractivity contribution in [3.05, 3.63) is 65.5 Å². The summed E-state index contributed by atoms with van der Waals surface area (Å²) < 4.78 is 89.4. The Bertz CT molecular complexity index is 1410. The number of sulfonamides is 1. The highest BCUT2D eigenvalue weighted by Crippen LogP contribution is 2.30. The van der Waals surface area contributed by atoms with Gasteiger partial charge < -0.3 is 20.9 Å². The van der Waals surface area contributed by atoms with E-state index in [1.54, 1.807) is 12.1 Å². The number of aliphatic carboxylic acids is 2. The first kappa shape index (κ1) is 32.0. The summed E-state index contributed by atoms with van der Waals surface area (Å²) in [5.41, 5.74) is 9.65. The predicted molar refractivity (Wildman–Crippen MR) is 125 cm³/mol. The van der Waals surface area contributed by atoms with Crippen molar-refractivity contribution in [1.29, 1.82) is 0 Å². The van der Waals surface area contributed by atoms with Crippen molar-refractivity contribution in [2.45, 2.75) is 36.5 Å². The fourth-order valence-electron chi connectivity index (χ4n) is 3.21. The van der Waals surface area contributed by atoms with Crippen molar-refractivity contribution < 1.29 is 59.4 Å². The number of imidazole rings is 1. The molecule has 2 aromatic carbocycles. The summed E-state index contributed by atoms with van der Waals surface area (Å²) in [4.78, 5) is 36.9. The number of carboxylic acids is 2. The number of hydrogen-bond donors (Lipinski definition) is 5. The van der Waals surface area contributed by atoms with Gasteiger partial charge in [-0.2, -0.15) is 26.3 Å². The lowest BCUT2D eigenvalue weighted by Gasteiger charge is -2.11. The van der Waals surface area contributed by atoms with Gasteiger partial charge in [0.1, 0.15) is 11.1 Å². The van der Waals surface area contributed by atoms with Gasteiger partial charge in [-0.05, 0) is 29.7 Å². The van der Waals surface area contributed by atoms with Gasteiger partial charge in [-0.15, -0.1) is 0 Å². The van der Waals surface area contributed by atoms with Crippen molar-refractivity contribution in [3.63, 3.8) is 0 Å². The molecule has 1 aromatic heterocycles. The molecule has 1 amide bonds. The molecule has 218 valence electrons. The highest BCUT2D eigenvalue weighted by molar-refractivity contribution is 7.90. The highest BCUT2D eigenvalue weighted by Gasteiger charge is 2.39. The van der Waals surface area contributed by atoms with Crippen LogP contribution in [0.4, 0.5) is 26.3 Å². The van der Waals surface area contributed by atoms with E-state index in [0.29, 0.717) is 17.8 Å². The van der Waals surface area contributed by atoms with Crippen molar-refractivity contribution >= 4 is 38.9 Å². The molecule has 18 heteroatoms. The molecule has 0 aliphatic carbocycles. The zero-order chi connectivity index (χ0) is 30.5. The monoisotopic (exact) mass is 598 g/mol. The Kier molecular flexibility index (Phi) is 9.87. The van der Waals surface area contributed by atoms with Crippen LogP contribution in [0.2, 0.25) is 0 Å².